The van der Waals surface area contributed by atoms with Crippen molar-refractivity contribution in [2.24, 2.45) is 0 Å². The number of ether oxygens (including phenoxy) is 1. The molecule has 1 atom stereocenters. The Hall–Kier alpha value is -3.09. The van der Waals surface area contributed by atoms with Crippen molar-refractivity contribution in [2.45, 2.75) is 65.1 Å². The molecule has 0 spiro atoms. The molecular weight excluding hydrogens is 382 g/mol. The number of imide groups is 1. The Balaban J connectivity index is 1.58. The van der Waals surface area contributed by atoms with Gasteiger partial charge >= 0.3 is 12.0 Å². The number of carbonyl (C=O) groups is 3. The van der Waals surface area contributed by atoms with Crippen LogP contribution in [0.15, 0.2) is 36.4 Å². The molecule has 30 heavy (non-hydrogen) atoms. The van der Waals surface area contributed by atoms with Crippen LogP contribution in [0, 0.1) is 13.8 Å². The molecule has 2 aromatic rings. The second kappa shape index (κ2) is 9.61. The highest BCUT2D eigenvalue weighted by Crippen LogP contribution is 2.19. The van der Waals surface area contributed by atoms with Gasteiger partial charge in [-0.05, 0) is 45.2 Å². The van der Waals surface area contributed by atoms with Gasteiger partial charge in [-0.2, -0.15) is 0 Å². The minimum absolute atomic E-state index is 0.102. The molecule has 2 N–H and O–H groups in total. The van der Waals surface area contributed by atoms with E-state index in [4.69, 9.17) is 4.74 Å². The minimum atomic E-state index is -1.08. The molecule has 3 rings (SSSR count). The maximum Gasteiger partial charge on any atom is 0.340 e. The zero-order valence-corrected chi connectivity index (χ0v) is 17.7. The van der Waals surface area contributed by atoms with E-state index in [1.165, 1.54) is 6.92 Å². The van der Waals surface area contributed by atoms with Crippen molar-refractivity contribution in [3.63, 3.8) is 0 Å². The van der Waals surface area contributed by atoms with E-state index < -0.39 is 24.0 Å². The number of aromatic nitrogens is 1. The number of rotatable bonds is 6. The standard InChI is InChI=1S/C23H29N3O4/c1-15-13-20(16(2)26(15)14-18-9-5-4-6-10-18)22(28)30-17(3)21(27)25-23(29)24-19-11-7-8-12-19/h4-6,9-10,13,17,19H,7-8,11-12,14H2,1-3H3,(H2,24,25,27,29)/t17-/m0/s1. The lowest BCUT2D eigenvalue weighted by Crippen LogP contribution is -2.47. The first kappa shape index (κ1) is 21.6. The zero-order valence-electron chi connectivity index (χ0n) is 17.7. The molecule has 1 heterocycles. The highest BCUT2D eigenvalue weighted by atomic mass is 16.5. The van der Waals surface area contributed by atoms with E-state index in [9.17, 15) is 14.4 Å². The molecule has 0 radical (unpaired) electrons. The van der Waals surface area contributed by atoms with Crippen molar-refractivity contribution in [3.8, 4) is 0 Å². The number of amides is 3. The maximum atomic E-state index is 12.6. The van der Waals surface area contributed by atoms with Crippen LogP contribution >= 0.6 is 0 Å². The van der Waals surface area contributed by atoms with Crippen LogP contribution < -0.4 is 10.6 Å². The number of carbonyl (C=O) groups excluding carboxylic acids is 3. The Morgan fingerprint density at radius 3 is 2.47 bits per heavy atom. The number of urea groups is 1. The molecule has 0 saturated heterocycles. The minimum Gasteiger partial charge on any atom is -0.449 e. The van der Waals surface area contributed by atoms with Crippen LogP contribution in [0.4, 0.5) is 4.79 Å². The van der Waals surface area contributed by atoms with E-state index in [1.54, 1.807) is 6.07 Å². The van der Waals surface area contributed by atoms with Gasteiger partial charge in [0.25, 0.3) is 5.91 Å². The summed E-state index contributed by atoms with van der Waals surface area (Å²) in [5.74, 6) is -1.22. The fourth-order valence-electron chi connectivity index (χ4n) is 3.80. The highest BCUT2D eigenvalue weighted by Gasteiger charge is 2.25. The van der Waals surface area contributed by atoms with Crippen molar-refractivity contribution in [3.05, 3.63) is 58.9 Å². The van der Waals surface area contributed by atoms with Crippen molar-refractivity contribution in [1.82, 2.24) is 15.2 Å². The highest BCUT2D eigenvalue weighted by molar-refractivity contribution is 5.98. The summed E-state index contributed by atoms with van der Waals surface area (Å²) < 4.78 is 7.36. The van der Waals surface area contributed by atoms with Gasteiger partial charge in [-0.3, -0.25) is 10.1 Å². The summed E-state index contributed by atoms with van der Waals surface area (Å²) in [6, 6.07) is 11.3. The lowest BCUT2D eigenvalue weighted by atomic mass is 10.2. The van der Waals surface area contributed by atoms with Gasteiger partial charge in [0.1, 0.15) is 0 Å². The van der Waals surface area contributed by atoms with Gasteiger partial charge in [0, 0.05) is 24.0 Å². The largest absolute Gasteiger partial charge is 0.449 e. The zero-order chi connectivity index (χ0) is 21.7. The molecule has 0 aliphatic heterocycles. The van der Waals surface area contributed by atoms with E-state index in [-0.39, 0.29) is 6.04 Å². The number of nitrogens with one attached hydrogen (secondary N) is 2. The Bertz CT molecular complexity index is 914. The summed E-state index contributed by atoms with van der Waals surface area (Å²) in [5.41, 5.74) is 3.24. The summed E-state index contributed by atoms with van der Waals surface area (Å²) in [6.07, 6.45) is 2.92. The fourth-order valence-corrected chi connectivity index (χ4v) is 3.80. The number of aryl methyl sites for hydroxylation is 1. The fraction of sp³-hybridized carbons (Fsp3) is 0.435. The van der Waals surface area contributed by atoms with Crippen LogP contribution in [0.3, 0.4) is 0 Å². The first-order valence-corrected chi connectivity index (χ1v) is 10.4. The topological polar surface area (TPSA) is 89.4 Å². The van der Waals surface area contributed by atoms with E-state index >= 15 is 0 Å². The maximum absolute atomic E-state index is 12.6. The summed E-state index contributed by atoms with van der Waals surface area (Å²) in [6.45, 7) is 5.88. The third kappa shape index (κ3) is 5.28. The van der Waals surface area contributed by atoms with Gasteiger partial charge < -0.3 is 14.6 Å². The van der Waals surface area contributed by atoms with Crippen molar-refractivity contribution >= 4 is 17.9 Å². The molecule has 1 fully saturated rings. The summed E-state index contributed by atoms with van der Waals surface area (Å²) in [7, 11) is 0. The normalized spacial score (nSPS) is 14.9. The molecule has 7 nitrogen and oxygen atoms in total. The van der Waals surface area contributed by atoms with E-state index in [0.29, 0.717) is 12.1 Å². The van der Waals surface area contributed by atoms with Crippen LogP contribution in [0.1, 0.15) is 59.9 Å². The molecule has 1 aromatic carbocycles. The van der Waals surface area contributed by atoms with Crippen LogP contribution in [-0.2, 0) is 16.1 Å². The van der Waals surface area contributed by atoms with Gasteiger partial charge in [0.15, 0.2) is 6.10 Å². The molecule has 0 bridgehead atoms. The molecule has 7 heteroatoms. The van der Waals surface area contributed by atoms with Crippen LogP contribution in [0.25, 0.3) is 0 Å². The third-order valence-corrected chi connectivity index (χ3v) is 5.56. The van der Waals surface area contributed by atoms with E-state index in [1.807, 2.05) is 48.7 Å². The van der Waals surface area contributed by atoms with Gasteiger partial charge in [-0.1, -0.05) is 43.2 Å². The van der Waals surface area contributed by atoms with E-state index in [2.05, 4.69) is 10.6 Å². The third-order valence-electron chi connectivity index (χ3n) is 5.56. The molecule has 3 amide bonds. The second-order valence-corrected chi connectivity index (χ2v) is 7.85. The Labute approximate surface area is 176 Å². The summed E-state index contributed by atoms with van der Waals surface area (Å²) in [5, 5.41) is 5.03. The predicted octanol–water partition coefficient (Wildman–Crippen LogP) is 3.47. The average Bonchev–Trinajstić information content (AvgIpc) is 3.32. The summed E-state index contributed by atoms with van der Waals surface area (Å²) in [4.78, 5) is 36.8. The monoisotopic (exact) mass is 411 g/mol. The molecule has 1 saturated carbocycles. The molecule has 1 aliphatic carbocycles. The SMILES string of the molecule is Cc1cc(C(=O)O[C@@H](C)C(=O)NC(=O)NC2CCCC2)c(C)n1Cc1ccccc1. The van der Waals surface area contributed by atoms with E-state index in [0.717, 1.165) is 42.6 Å². The first-order valence-electron chi connectivity index (χ1n) is 10.4. The number of benzene rings is 1. The van der Waals surface area contributed by atoms with Gasteiger partial charge in [-0.15, -0.1) is 0 Å². The number of esters is 1. The molecule has 1 aliphatic rings. The first-order chi connectivity index (χ1) is 14.3. The van der Waals surface area contributed by atoms with Crippen molar-refractivity contribution in [2.75, 3.05) is 0 Å². The lowest BCUT2D eigenvalue weighted by molar-refractivity contribution is -0.127. The van der Waals surface area contributed by atoms with Crippen molar-refractivity contribution < 1.29 is 19.1 Å². The number of hydrogen-bond donors (Lipinski definition) is 2. The van der Waals surface area contributed by atoms with Crippen LogP contribution in [0.5, 0.6) is 0 Å². The van der Waals surface area contributed by atoms with Gasteiger partial charge in [-0.25, -0.2) is 9.59 Å². The van der Waals surface area contributed by atoms with Crippen LogP contribution in [0.2, 0.25) is 0 Å². The summed E-state index contributed by atoms with van der Waals surface area (Å²) >= 11 is 0. The quantitative estimate of drug-likeness (QED) is 0.713. The molecule has 0 unspecified atom stereocenters. The predicted molar refractivity (Wildman–Crippen MR) is 113 cm³/mol. The number of hydrogen-bond acceptors (Lipinski definition) is 4. The lowest BCUT2D eigenvalue weighted by Gasteiger charge is -2.15. The molecule has 1 aromatic heterocycles. The smallest absolute Gasteiger partial charge is 0.340 e. The molecular formula is C23H29N3O4. The Morgan fingerprint density at radius 2 is 1.80 bits per heavy atom. The second-order valence-electron chi connectivity index (χ2n) is 7.85. The Kier molecular flexibility index (Phi) is 6.92. The van der Waals surface area contributed by atoms with Gasteiger partial charge in [0.05, 0.1) is 5.56 Å². The Morgan fingerprint density at radius 1 is 1.13 bits per heavy atom. The van der Waals surface area contributed by atoms with Crippen molar-refractivity contribution in [1.29, 1.82) is 0 Å². The molecule has 160 valence electrons. The average molecular weight is 412 g/mol. The number of nitrogens with zero attached hydrogens (tertiary/aromatic N) is 1. The van der Waals surface area contributed by atoms with Gasteiger partial charge in [0.2, 0.25) is 0 Å². The van der Waals surface area contributed by atoms with Crippen LogP contribution in [-0.4, -0.2) is 34.6 Å².